The van der Waals surface area contributed by atoms with E-state index in [2.05, 4.69) is 0 Å². The summed E-state index contributed by atoms with van der Waals surface area (Å²) in [6, 6.07) is 2.60. The number of fused-ring (bicyclic) bond motifs is 1. The van der Waals surface area contributed by atoms with Gasteiger partial charge in [0.05, 0.1) is 10.6 Å². The first-order valence-electron chi connectivity index (χ1n) is 4.46. The van der Waals surface area contributed by atoms with Gasteiger partial charge in [-0.15, -0.1) is 0 Å². The molecule has 1 aliphatic heterocycles. The van der Waals surface area contributed by atoms with Gasteiger partial charge in [0.25, 0.3) is 0 Å². The lowest BCUT2D eigenvalue weighted by molar-refractivity contribution is -0.142. The number of primary amides is 1. The first-order chi connectivity index (χ1) is 7.91. The molecule has 1 atom stereocenters. The number of esters is 1. The van der Waals surface area contributed by atoms with Crippen LogP contribution in [0.5, 0.6) is 5.75 Å². The largest absolute Gasteiger partial charge is 0.423 e. The van der Waals surface area contributed by atoms with E-state index in [1.807, 2.05) is 0 Å². The number of ketones is 1. The van der Waals surface area contributed by atoms with Crippen molar-refractivity contribution in [3.8, 4) is 5.75 Å². The number of carbonyl (C=O) groups is 3. The number of carbonyl (C=O) groups excluding carboxylic acids is 3. The van der Waals surface area contributed by atoms with Gasteiger partial charge in [0.15, 0.2) is 17.5 Å². The Morgan fingerprint density at radius 2 is 1.94 bits per heavy atom. The van der Waals surface area contributed by atoms with Gasteiger partial charge in [-0.2, -0.15) is 0 Å². The number of rotatable bonds is 1. The molecule has 5 nitrogen and oxygen atoms in total. The molecule has 0 radical (unpaired) electrons. The third-order valence-corrected chi connectivity index (χ3v) is 2.76. The second-order valence-corrected chi connectivity index (χ2v) is 4.23. The lowest BCUT2D eigenvalue weighted by Gasteiger charge is -2.20. The van der Waals surface area contributed by atoms with Gasteiger partial charge in [0, 0.05) is 5.02 Å². The van der Waals surface area contributed by atoms with Crippen molar-refractivity contribution < 1.29 is 19.1 Å². The van der Waals surface area contributed by atoms with E-state index in [1.54, 1.807) is 0 Å². The fourth-order valence-electron chi connectivity index (χ4n) is 1.51. The van der Waals surface area contributed by atoms with E-state index in [-0.39, 0.29) is 21.4 Å². The maximum absolute atomic E-state index is 11.9. The smallest absolute Gasteiger partial charge is 0.332 e. The highest BCUT2D eigenvalue weighted by Crippen LogP contribution is 2.37. The average molecular weight is 274 g/mol. The lowest BCUT2D eigenvalue weighted by atomic mass is 9.94. The van der Waals surface area contributed by atoms with Gasteiger partial charge in [0.2, 0.25) is 5.91 Å². The predicted octanol–water partition coefficient (Wildman–Crippen LogP) is 1.20. The monoisotopic (exact) mass is 273 g/mol. The van der Waals surface area contributed by atoms with Crippen LogP contribution in [-0.2, 0) is 9.59 Å². The van der Waals surface area contributed by atoms with Crippen molar-refractivity contribution in [2.45, 2.75) is 0 Å². The molecule has 0 aromatic heterocycles. The molecule has 1 amide bonds. The normalized spacial score (nSPS) is 18.6. The molecule has 1 aliphatic rings. The highest BCUT2D eigenvalue weighted by atomic mass is 35.5. The second kappa shape index (κ2) is 4.01. The molecule has 1 aromatic rings. The van der Waals surface area contributed by atoms with Crippen LogP contribution in [0.2, 0.25) is 10.0 Å². The molecule has 1 aromatic carbocycles. The fourth-order valence-corrected chi connectivity index (χ4v) is 2.05. The number of hydrogen-bond donors (Lipinski definition) is 1. The van der Waals surface area contributed by atoms with Crippen LogP contribution in [0.3, 0.4) is 0 Å². The van der Waals surface area contributed by atoms with Crippen molar-refractivity contribution in [3.05, 3.63) is 27.7 Å². The molecular weight excluding hydrogens is 269 g/mol. The van der Waals surface area contributed by atoms with Crippen molar-refractivity contribution in [1.29, 1.82) is 0 Å². The Balaban J connectivity index is 2.62. The Bertz CT molecular complexity index is 555. The number of benzene rings is 1. The summed E-state index contributed by atoms with van der Waals surface area (Å²) >= 11 is 11.5. The molecule has 1 unspecified atom stereocenters. The summed E-state index contributed by atoms with van der Waals surface area (Å²) in [6.45, 7) is 0. The Kier molecular flexibility index (Phi) is 2.81. The van der Waals surface area contributed by atoms with Crippen LogP contribution in [0, 0.1) is 5.92 Å². The quantitative estimate of drug-likeness (QED) is 0.473. The van der Waals surface area contributed by atoms with E-state index in [4.69, 9.17) is 33.7 Å². The molecular formula is C10H5Cl2NO4. The summed E-state index contributed by atoms with van der Waals surface area (Å²) in [5.74, 6) is -4.59. The standard InChI is InChI=1S/C10H5Cl2NO4/c11-3-1-4-7(14)6(9(13)15)10(16)17-8(4)5(12)2-3/h1-2,6H,(H2,13,15). The Morgan fingerprint density at radius 3 is 2.53 bits per heavy atom. The van der Waals surface area contributed by atoms with Crippen LogP contribution < -0.4 is 10.5 Å². The SMILES string of the molecule is NC(=O)C1C(=O)Oc2c(Cl)cc(Cl)cc2C1=O. The van der Waals surface area contributed by atoms with E-state index in [0.29, 0.717) is 0 Å². The zero-order valence-electron chi connectivity index (χ0n) is 8.20. The summed E-state index contributed by atoms with van der Waals surface area (Å²) in [5.41, 5.74) is 4.93. The van der Waals surface area contributed by atoms with Crippen molar-refractivity contribution in [3.63, 3.8) is 0 Å². The summed E-state index contributed by atoms with van der Waals surface area (Å²) in [7, 11) is 0. The highest BCUT2D eigenvalue weighted by Gasteiger charge is 2.41. The molecule has 17 heavy (non-hydrogen) atoms. The van der Waals surface area contributed by atoms with E-state index >= 15 is 0 Å². The van der Waals surface area contributed by atoms with Crippen molar-refractivity contribution in [2.75, 3.05) is 0 Å². The number of amides is 1. The fraction of sp³-hybridized carbons (Fsp3) is 0.100. The van der Waals surface area contributed by atoms with Crippen LogP contribution in [0.1, 0.15) is 10.4 Å². The minimum Gasteiger partial charge on any atom is -0.423 e. The molecule has 0 saturated heterocycles. The third kappa shape index (κ3) is 1.87. The van der Waals surface area contributed by atoms with Gasteiger partial charge in [-0.3, -0.25) is 14.4 Å². The van der Waals surface area contributed by atoms with Crippen LogP contribution in [0.4, 0.5) is 0 Å². The van der Waals surface area contributed by atoms with Gasteiger partial charge in [-0.25, -0.2) is 0 Å². The number of hydrogen-bond acceptors (Lipinski definition) is 4. The molecule has 0 saturated carbocycles. The average Bonchev–Trinajstić information content (AvgIpc) is 2.19. The zero-order valence-corrected chi connectivity index (χ0v) is 9.71. The van der Waals surface area contributed by atoms with Crippen LogP contribution in [-0.4, -0.2) is 17.7 Å². The summed E-state index contributed by atoms with van der Waals surface area (Å²) in [6.07, 6.45) is 0. The minimum absolute atomic E-state index is 0.0223. The molecule has 0 bridgehead atoms. The molecule has 2 rings (SSSR count). The Morgan fingerprint density at radius 1 is 1.29 bits per heavy atom. The van der Waals surface area contributed by atoms with Gasteiger partial charge < -0.3 is 10.5 Å². The van der Waals surface area contributed by atoms with Gasteiger partial charge >= 0.3 is 5.97 Å². The third-order valence-electron chi connectivity index (χ3n) is 2.26. The van der Waals surface area contributed by atoms with E-state index < -0.39 is 23.6 Å². The first-order valence-corrected chi connectivity index (χ1v) is 5.21. The number of halogens is 2. The van der Waals surface area contributed by atoms with Gasteiger partial charge in [0.1, 0.15) is 0 Å². The summed E-state index contributed by atoms with van der Waals surface area (Å²) < 4.78 is 4.81. The predicted molar refractivity (Wildman–Crippen MR) is 59.1 cm³/mol. The summed E-state index contributed by atoms with van der Waals surface area (Å²) in [4.78, 5) is 34.3. The first kappa shape index (κ1) is 11.9. The molecule has 2 N–H and O–H groups in total. The molecule has 0 fully saturated rings. The van der Waals surface area contributed by atoms with E-state index in [9.17, 15) is 14.4 Å². The Hall–Kier alpha value is -1.59. The Labute approximate surface area is 105 Å². The minimum atomic E-state index is -1.64. The zero-order chi connectivity index (χ0) is 12.7. The number of ether oxygens (including phenoxy) is 1. The highest BCUT2D eigenvalue weighted by molar-refractivity contribution is 6.38. The molecule has 1 heterocycles. The number of nitrogens with two attached hydrogens (primary N) is 1. The van der Waals surface area contributed by atoms with Crippen LogP contribution in [0.25, 0.3) is 0 Å². The maximum atomic E-state index is 11.9. The lowest BCUT2D eigenvalue weighted by Crippen LogP contribution is -2.42. The number of Topliss-reactive ketones (excluding diaryl/α,β-unsaturated/α-hetero) is 1. The molecule has 7 heteroatoms. The van der Waals surface area contributed by atoms with Crippen molar-refractivity contribution >= 4 is 40.9 Å². The van der Waals surface area contributed by atoms with Crippen molar-refractivity contribution in [1.82, 2.24) is 0 Å². The van der Waals surface area contributed by atoms with Crippen LogP contribution >= 0.6 is 23.2 Å². The second-order valence-electron chi connectivity index (χ2n) is 3.39. The topological polar surface area (TPSA) is 86.5 Å². The molecule has 0 spiro atoms. The van der Waals surface area contributed by atoms with Crippen molar-refractivity contribution in [2.24, 2.45) is 11.7 Å². The van der Waals surface area contributed by atoms with E-state index in [1.165, 1.54) is 12.1 Å². The van der Waals surface area contributed by atoms with Crippen LogP contribution in [0.15, 0.2) is 12.1 Å². The molecule has 0 aliphatic carbocycles. The molecule has 88 valence electrons. The maximum Gasteiger partial charge on any atom is 0.332 e. The van der Waals surface area contributed by atoms with Gasteiger partial charge in [-0.1, -0.05) is 23.2 Å². The van der Waals surface area contributed by atoms with E-state index in [0.717, 1.165) is 0 Å². The van der Waals surface area contributed by atoms with Gasteiger partial charge in [-0.05, 0) is 12.1 Å². The summed E-state index contributed by atoms with van der Waals surface area (Å²) in [5, 5.41) is 0.223.